The van der Waals surface area contributed by atoms with Crippen molar-refractivity contribution < 1.29 is 4.39 Å². The molecule has 0 bridgehead atoms. The van der Waals surface area contributed by atoms with Crippen molar-refractivity contribution in [3.63, 3.8) is 0 Å². The van der Waals surface area contributed by atoms with Crippen LogP contribution in [0, 0.1) is 5.82 Å². The SMILES string of the molecule is Fc1ccc(CNc2nc(NCc3cccs3)c3ccccc3n2)cc1. The first-order chi connectivity index (χ1) is 12.8. The number of hydrogen-bond acceptors (Lipinski definition) is 5. The summed E-state index contributed by atoms with van der Waals surface area (Å²) < 4.78 is 13.0. The molecule has 2 aromatic heterocycles. The molecule has 0 spiro atoms. The summed E-state index contributed by atoms with van der Waals surface area (Å²) in [5.74, 6) is 1.10. The molecule has 6 heteroatoms. The average molecular weight is 364 g/mol. The second-order valence-corrected chi connectivity index (χ2v) is 6.86. The molecule has 0 aliphatic carbocycles. The van der Waals surface area contributed by atoms with Gasteiger partial charge in [0.05, 0.1) is 12.1 Å². The molecule has 0 radical (unpaired) electrons. The van der Waals surface area contributed by atoms with Gasteiger partial charge in [0.2, 0.25) is 5.95 Å². The molecule has 4 nitrogen and oxygen atoms in total. The van der Waals surface area contributed by atoms with E-state index in [1.165, 1.54) is 17.0 Å². The Morgan fingerprint density at radius 3 is 2.50 bits per heavy atom. The molecule has 0 aliphatic rings. The van der Waals surface area contributed by atoms with Gasteiger partial charge in [-0.2, -0.15) is 4.98 Å². The molecule has 2 heterocycles. The van der Waals surface area contributed by atoms with Crippen LogP contribution in [0.15, 0.2) is 66.0 Å². The maximum atomic E-state index is 13.0. The Balaban J connectivity index is 1.57. The number of aromatic nitrogens is 2. The molecule has 130 valence electrons. The molecule has 2 N–H and O–H groups in total. The van der Waals surface area contributed by atoms with Crippen LogP contribution < -0.4 is 10.6 Å². The monoisotopic (exact) mass is 364 g/mol. The summed E-state index contributed by atoms with van der Waals surface area (Å²) in [6.45, 7) is 1.25. The minimum absolute atomic E-state index is 0.240. The van der Waals surface area contributed by atoms with E-state index in [4.69, 9.17) is 0 Å². The zero-order chi connectivity index (χ0) is 17.8. The first kappa shape index (κ1) is 16.5. The third-order valence-corrected chi connectivity index (χ3v) is 4.85. The van der Waals surface area contributed by atoms with E-state index in [1.807, 2.05) is 30.3 Å². The number of para-hydroxylation sites is 1. The fourth-order valence-electron chi connectivity index (χ4n) is 2.66. The summed E-state index contributed by atoms with van der Waals surface area (Å²) in [5, 5.41) is 9.67. The highest BCUT2D eigenvalue weighted by Crippen LogP contribution is 2.23. The smallest absolute Gasteiger partial charge is 0.225 e. The highest BCUT2D eigenvalue weighted by atomic mass is 32.1. The minimum Gasteiger partial charge on any atom is -0.364 e. The Labute approximate surface area is 154 Å². The van der Waals surface area contributed by atoms with Crippen molar-refractivity contribution >= 4 is 34.0 Å². The zero-order valence-electron chi connectivity index (χ0n) is 13.9. The number of hydrogen-bond donors (Lipinski definition) is 2. The van der Waals surface area contributed by atoms with Gasteiger partial charge >= 0.3 is 0 Å². The van der Waals surface area contributed by atoms with Crippen LogP contribution in [0.4, 0.5) is 16.2 Å². The molecule has 0 saturated carbocycles. The van der Waals surface area contributed by atoms with E-state index >= 15 is 0 Å². The van der Waals surface area contributed by atoms with E-state index in [0.717, 1.165) is 28.8 Å². The second kappa shape index (κ2) is 7.49. The molecule has 0 atom stereocenters. The number of anilines is 2. The fraction of sp³-hybridized carbons (Fsp3) is 0.100. The van der Waals surface area contributed by atoms with Crippen molar-refractivity contribution in [3.8, 4) is 0 Å². The van der Waals surface area contributed by atoms with Crippen LogP contribution >= 0.6 is 11.3 Å². The summed E-state index contributed by atoms with van der Waals surface area (Å²) in [6.07, 6.45) is 0. The van der Waals surface area contributed by atoms with E-state index in [1.54, 1.807) is 23.5 Å². The van der Waals surface area contributed by atoms with Gasteiger partial charge in [-0.3, -0.25) is 0 Å². The first-order valence-corrected chi connectivity index (χ1v) is 9.17. The lowest BCUT2D eigenvalue weighted by atomic mass is 10.2. The number of nitrogens with one attached hydrogen (secondary N) is 2. The molecular weight excluding hydrogens is 347 g/mol. The minimum atomic E-state index is -0.240. The van der Waals surface area contributed by atoms with Crippen LogP contribution in [0.1, 0.15) is 10.4 Å². The molecular formula is C20H17FN4S. The van der Waals surface area contributed by atoms with Gasteiger partial charge in [0, 0.05) is 16.8 Å². The number of rotatable bonds is 6. The molecule has 4 aromatic rings. The van der Waals surface area contributed by atoms with Gasteiger partial charge in [0.1, 0.15) is 11.6 Å². The van der Waals surface area contributed by atoms with Gasteiger partial charge in [-0.05, 0) is 41.3 Å². The number of nitrogens with zero attached hydrogens (tertiary/aromatic N) is 2. The molecule has 26 heavy (non-hydrogen) atoms. The standard InChI is InChI=1S/C20H17FN4S/c21-15-9-7-14(8-10-15)12-23-20-24-18-6-2-1-5-17(18)19(25-20)22-13-16-4-3-11-26-16/h1-11H,12-13H2,(H2,22,23,24,25). The molecule has 2 aromatic carbocycles. The summed E-state index contributed by atoms with van der Waals surface area (Å²) in [7, 11) is 0. The van der Waals surface area contributed by atoms with Crippen LogP contribution in [0.25, 0.3) is 10.9 Å². The van der Waals surface area contributed by atoms with Crippen molar-refractivity contribution in [1.29, 1.82) is 0 Å². The van der Waals surface area contributed by atoms with Crippen LogP contribution in [0.5, 0.6) is 0 Å². The Morgan fingerprint density at radius 2 is 1.69 bits per heavy atom. The maximum absolute atomic E-state index is 13.0. The van der Waals surface area contributed by atoms with Gasteiger partial charge < -0.3 is 10.6 Å². The lowest BCUT2D eigenvalue weighted by Gasteiger charge is -2.11. The number of benzene rings is 2. The third kappa shape index (κ3) is 3.81. The summed E-state index contributed by atoms with van der Waals surface area (Å²) in [6, 6.07) is 18.4. The molecule has 0 amide bonds. The van der Waals surface area contributed by atoms with Crippen LogP contribution in [-0.4, -0.2) is 9.97 Å². The van der Waals surface area contributed by atoms with Gasteiger partial charge in [-0.25, -0.2) is 9.37 Å². The lowest BCUT2D eigenvalue weighted by Crippen LogP contribution is -2.07. The largest absolute Gasteiger partial charge is 0.364 e. The number of thiophene rings is 1. The highest BCUT2D eigenvalue weighted by Gasteiger charge is 2.08. The second-order valence-electron chi connectivity index (χ2n) is 5.83. The Kier molecular flexibility index (Phi) is 4.75. The van der Waals surface area contributed by atoms with E-state index < -0.39 is 0 Å². The van der Waals surface area contributed by atoms with Crippen molar-refractivity contribution in [3.05, 3.63) is 82.3 Å². The average Bonchev–Trinajstić information content (AvgIpc) is 3.19. The predicted octanol–water partition coefficient (Wildman–Crippen LogP) is 5.05. The topological polar surface area (TPSA) is 49.8 Å². The third-order valence-electron chi connectivity index (χ3n) is 3.98. The van der Waals surface area contributed by atoms with Gasteiger partial charge in [0.15, 0.2) is 0 Å². The van der Waals surface area contributed by atoms with Crippen LogP contribution in [0.3, 0.4) is 0 Å². The summed E-state index contributed by atoms with van der Waals surface area (Å²) in [5.41, 5.74) is 1.84. The molecule has 0 unspecified atom stereocenters. The molecule has 0 fully saturated rings. The molecule has 0 saturated heterocycles. The van der Waals surface area contributed by atoms with Crippen molar-refractivity contribution in [2.45, 2.75) is 13.1 Å². The van der Waals surface area contributed by atoms with Gasteiger partial charge in [0.25, 0.3) is 0 Å². The van der Waals surface area contributed by atoms with Crippen molar-refractivity contribution in [2.24, 2.45) is 0 Å². The van der Waals surface area contributed by atoms with E-state index in [-0.39, 0.29) is 5.82 Å². The lowest BCUT2D eigenvalue weighted by molar-refractivity contribution is 0.627. The summed E-state index contributed by atoms with van der Waals surface area (Å²) >= 11 is 1.71. The quantitative estimate of drug-likeness (QED) is 0.502. The van der Waals surface area contributed by atoms with E-state index in [2.05, 4.69) is 32.0 Å². The van der Waals surface area contributed by atoms with Crippen LogP contribution in [-0.2, 0) is 13.1 Å². The van der Waals surface area contributed by atoms with Crippen LogP contribution in [0.2, 0.25) is 0 Å². The first-order valence-electron chi connectivity index (χ1n) is 8.29. The Hall–Kier alpha value is -2.99. The Morgan fingerprint density at radius 1 is 0.846 bits per heavy atom. The zero-order valence-corrected chi connectivity index (χ0v) is 14.8. The molecule has 4 rings (SSSR count). The predicted molar refractivity (Wildman–Crippen MR) is 105 cm³/mol. The maximum Gasteiger partial charge on any atom is 0.225 e. The molecule has 0 aliphatic heterocycles. The van der Waals surface area contributed by atoms with Crippen molar-refractivity contribution in [2.75, 3.05) is 10.6 Å². The number of halogens is 1. The normalized spacial score (nSPS) is 10.8. The number of fused-ring (bicyclic) bond motifs is 1. The fourth-order valence-corrected chi connectivity index (χ4v) is 3.30. The van der Waals surface area contributed by atoms with Gasteiger partial charge in [-0.15, -0.1) is 11.3 Å². The van der Waals surface area contributed by atoms with E-state index in [0.29, 0.717) is 12.5 Å². The van der Waals surface area contributed by atoms with Crippen molar-refractivity contribution in [1.82, 2.24) is 9.97 Å². The highest BCUT2D eigenvalue weighted by molar-refractivity contribution is 7.09. The van der Waals surface area contributed by atoms with E-state index in [9.17, 15) is 4.39 Å². The van der Waals surface area contributed by atoms with Gasteiger partial charge in [-0.1, -0.05) is 30.3 Å². The summed E-state index contributed by atoms with van der Waals surface area (Å²) in [4.78, 5) is 10.5. The Bertz CT molecular complexity index is 1000.